The minimum absolute atomic E-state index is 0.0107. The van der Waals surface area contributed by atoms with Gasteiger partial charge in [-0.15, -0.1) is 10.2 Å². The fourth-order valence-corrected chi connectivity index (χ4v) is 2.52. The summed E-state index contributed by atoms with van der Waals surface area (Å²) in [5.74, 6) is 1.21. The second-order valence-electron chi connectivity index (χ2n) is 5.86. The molecule has 1 aromatic rings. The SMILES string of the molecule is CC(C)c1nnc(C2CN(C(=O)C3=COCCC3)CCO2)o1. The van der Waals surface area contributed by atoms with Gasteiger partial charge in [-0.1, -0.05) is 13.8 Å². The van der Waals surface area contributed by atoms with Crippen molar-refractivity contribution in [3.05, 3.63) is 23.6 Å². The van der Waals surface area contributed by atoms with Crippen LogP contribution in [0.3, 0.4) is 0 Å². The third-order valence-corrected chi connectivity index (χ3v) is 3.79. The highest BCUT2D eigenvalue weighted by Gasteiger charge is 2.31. The Morgan fingerprint density at radius 2 is 2.23 bits per heavy atom. The van der Waals surface area contributed by atoms with Crippen molar-refractivity contribution in [2.75, 3.05) is 26.3 Å². The summed E-state index contributed by atoms with van der Waals surface area (Å²) in [6.45, 7) is 6.12. The minimum Gasteiger partial charge on any atom is -0.501 e. The molecule has 1 atom stereocenters. The lowest BCUT2D eigenvalue weighted by Crippen LogP contribution is -2.43. The maximum atomic E-state index is 12.5. The Hall–Kier alpha value is -1.89. The molecular formula is C15H21N3O4. The molecule has 0 N–H and O–H groups in total. The summed E-state index contributed by atoms with van der Waals surface area (Å²) in [7, 11) is 0. The van der Waals surface area contributed by atoms with Crippen LogP contribution in [0.1, 0.15) is 50.5 Å². The van der Waals surface area contributed by atoms with Crippen molar-refractivity contribution in [2.45, 2.75) is 38.7 Å². The van der Waals surface area contributed by atoms with E-state index in [2.05, 4.69) is 10.2 Å². The smallest absolute Gasteiger partial charge is 0.253 e. The number of ether oxygens (including phenoxy) is 2. The van der Waals surface area contributed by atoms with E-state index in [9.17, 15) is 4.79 Å². The number of carbonyl (C=O) groups excluding carboxylic acids is 1. The summed E-state index contributed by atoms with van der Waals surface area (Å²) in [5, 5.41) is 8.07. The van der Waals surface area contributed by atoms with Gasteiger partial charge >= 0.3 is 0 Å². The van der Waals surface area contributed by atoms with Gasteiger partial charge in [0.25, 0.3) is 5.91 Å². The Kier molecular flexibility index (Phi) is 4.42. The molecule has 120 valence electrons. The summed E-state index contributed by atoms with van der Waals surface area (Å²) >= 11 is 0. The van der Waals surface area contributed by atoms with Gasteiger partial charge in [0.05, 0.1) is 31.6 Å². The predicted octanol–water partition coefficient (Wildman–Crippen LogP) is 1.79. The summed E-state index contributed by atoms with van der Waals surface area (Å²) < 4.78 is 16.6. The van der Waals surface area contributed by atoms with E-state index in [0.717, 1.165) is 18.4 Å². The van der Waals surface area contributed by atoms with Gasteiger partial charge in [0.1, 0.15) is 0 Å². The summed E-state index contributed by atoms with van der Waals surface area (Å²) in [5.41, 5.74) is 0.722. The molecule has 0 aliphatic carbocycles. The molecule has 1 fully saturated rings. The average molecular weight is 307 g/mol. The Morgan fingerprint density at radius 1 is 1.36 bits per heavy atom. The zero-order valence-corrected chi connectivity index (χ0v) is 12.9. The maximum absolute atomic E-state index is 12.5. The van der Waals surface area contributed by atoms with Crippen LogP contribution in [0.15, 0.2) is 16.3 Å². The Bertz CT molecular complexity index is 567. The normalized spacial score (nSPS) is 22.4. The van der Waals surface area contributed by atoms with Crippen molar-refractivity contribution in [1.29, 1.82) is 0 Å². The fourth-order valence-electron chi connectivity index (χ4n) is 2.52. The van der Waals surface area contributed by atoms with Gasteiger partial charge < -0.3 is 18.8 Å². The second kappa shape index (κ2) is 6.48. The Morgan fingerprint density at radius 3 is 2.91 bits per heavy atom. The van der Waals surface area contributed by atoms with Gasteiger partial charge in [-0.3, -0.25) is 4.79 Å². The van der Waals surface area contributed by atoms with E-state index in [1.807, 2.05) is 13.8 Å². The van der Waals surface area contributed by atoms with Crippen molar-refractivity contribution in [1.82, 2.24) is 15.1 Å². The molecule has 2 aliphatic rings. The average Bonchev–Trinajstić information content (AvgIpc) is 3.05. The largest absolute Gasteiger partial charge is 0.501 e. The Labute approximate surface area is 129 Å². The van der Waals surface area contributed by atoms with E-state index in [1.54, 1.807) is 11.2 Å². The number of morpholine rings is 1. The molecule has 3 rings (SSSR count). The first kappa shape index (κ1) is 15.0. The lowest BCUT2D eigenvalue weighted by atomic mass is 10.1. The molecule has 0 aromatic carbocycles. The van der Waals surface area contributed by atoms with Crippen LogP contribution in [-0.4, -0.2) is 47.3 Å². The standard InChI is InChI=1S/C15H21N3O4/c1-10(2)13-16-17-14(22-13)12-8-18(5-7-21-12)15(19)11-4-3-6-20-9-11/h9-10,12H,3-8H2,1-2H3. The topological polar surface area (TPSA) is 77.7 Å². The number of rotatable bonds is 3. The number of amides is 1. The zero-order valence-electron chi connectivity index (χ0n) is 12.9. The number of carbonyl (C=O) groups is 1. The van der Waals surface area contributed by atoms with Gasteiger partial charge in [0.15, 0.2) is 6.10 Å². The lowest BCUT2D eigenvalue weighted by molar-refractivity contribution is -0.136. The second-order valence-corrected chi connectivity index (χ2v) is 5.86. The summed E-state index contributed by atoms with van der Waals surface area (Å²) in [6, 6.07) is 0. The zero-order chi connectivity index (χ0) is 15.5. The first-order chi connectivity index (χ1) is 10.6. The van der Waals surface area contributed by atoms with Crippen LogP contribution in [0.2, 0.25) is 0 Å². The van der Waals surface area contributed by atoms with Crippen molar-refractivity contribution >= 4 is 5.91 Å². The van der Waals surface area contributed by atoms with Gasteiger partial charge in [-0.2, -0.15) is 0 Å². The third kappa shape index (κ3) is 3.14. The van der Waals surface area contributed by atoms with E-state index in [-0.39, 0.29) is 17.9 Å². The van der Waals surface area contributed by atoms with Crippen molar-refractivity contribution in [3.8, 4) is 0 Å². The molecule has 1 unspecified atom stereocenters. The molecule has 3 heterocycles. The minimum atomic E-state index is -0.359. The van der Waals surface area contributed by atoms with Crippen LogP contribution in [-0.2, 0) is 14.3 Å². The lowest BCUT2D eigenvalue weighted by Gasteiger charge is -2.32. The number of hydrogen-bond acceptors (Lipinski definition) is 6. The fraction of sp³-hybridized carbons (Fsp3) is 0.667. The van der Waals surface area contributed by atoms with Crippen LogP contribution >= 0.6 is 0 Å². The van der Waals surface area contributed by atoms with Crippen LogP contribution < -0.4 is 0 Å². The molecule has 7 nitrogen and oxygen atoms in total. The van der Waals surface area contributed by atoms with E-state index >= 15 is 0 Å². The monoisotopic (exact) mass is 307 g/mol. The molecular weight excluding hydrogens is 286 g/mol. The van der Waals surface area contributed by atoms with Crippen LogP contribution in [0.4, 0.5) is 0 Å². The van der Waals surface area contributed by atoms with E-state index in [4.69, 9.17) is 13.9 Å². The molecule has 0 spiro atoms. The first-order valence-electron chi connectivity index (χ1n) is 7.70. The van der Waals surface area contributed by atoms with Crippen LogP contribution in [0.25, 0.3) is 0 Å². The molecule has 22 heavy (non-hydrogen) atoms. The molecule has 0 bridgehead atoms. The number of hydrogen-bond donors (Lipinski definition) is 0. The van der Waals surface area contributed by atoms with Crippen LogP contribution in [0.5, 0.6) is 0 Å². The van der Waals surface area contributed by atoms with E-state index < -0.39 is 0 Å². The number of aromatic nitrogens is 2. The molecule has 0 saturated carbocycles. The molecule has 1 saturated heterocycles. The highest BCUT2D eigenvalue weighted by molar-refractivity contribution is 5.93. The van der Waals surface area contributed by atoms with Gasteiger partial charge in [-0.25, -0.2) is 0 Å². The predicted molar refractivity (Wildman–Crippen MR) is 76.9 cm³/mol. The quantitative estimate of drug-likeness (QED) is 0.847. The maximum Gasteiger partial charge on any atom is 0.253 e. The molecule has 1 aromatic heterocycles. The third-order valence-electron chi connectivity index (χ3n) is 3.79. The van der Waals surface area contributed by atoms with Crippen molar-refractivity contribution in [3.63, 3.8) is 0 Å². The van der Waals surface area contributed by atoms with Crippen molar-refractivity contribution in [2.24, 2.45) is 0 Å². The van der Waals surface area contributed by atoms with Crippen LogP contribution in [0, 0.1) is 0 Å². The molecule has 2 aliphatic heterocycles. The molecule has 1 amide bonds. The number of nitrogens with zero attached hydrogens (tertiary/aromatic N) is 3. The highest BCUT2D eigenvalue weighted by Crippen LogP contribution is 2.25. The van der Waals surface area contributed by atoms with Gasteiger partial charge in [0.2, 0.25) is 11.8 Å². The summed E-state index contributed by atoms with van der Waals surface area (Å²) in [6.07, 6.45) is 2.87. The highest BCUT2D eigenvalue weighted by atomic mass is 16.5. The first-order valence-corrected chi connectivity index (χ1v) is 7.70. The summed E-state index contributed by atoms with van der Waals surface area (Å²) in [4.78, 5) is 14.3. The van der Waals surface area contributed by atoms with Gasteiger partial charge in [-0.05, 0) is 12.8 Å². The Balaban J connectivity index is 1.68. The van der Waals surface area contributed by atoms with Crippen molar-refractivity contribution < 1.29 is 18.7 Å². The van der Waals surface area contributed by atoms with E-state index in [1.165, 1.54) is 0 Å². The van der Waals surface area contributed by atoms with Gasteiger partial charge in [0, 0.05) is 12.5 Å². The molecule has 0 radical (unpaired) electrons. The molecule has 7 heteroatoms. The van der Waals surface area contributed by atoms with E-state index in [0.29, 0.717) is 38.1 Å².